The summed E-state index contributed by atoms with van der Waals surface area (Å²) in [6.45, 7) is 1.90. The molecule has 0 amide bonds. The molecule has 1 aromatic carbocycles. The van der Waals surface area contributed by atoms with Gasteiger partial charge in [-0.05, 0) is 19.1 Å². The molecule has 0 bridgehead atoms. The summed E-state index contributed by atoms with van der Waals surface area (Å²) in [6.07, 6.45) is 0.836. The molecule has 1 aromatic heterocycles. The first-order valence-corrected chi connectivity index (χ1v) is 4.64. The van der Waals surface area contributed by atoms with E-state index in [1.807, 2.05) is 14.0 Å². The van der Waals surface area contributed by atoms with Crippen molar-refractivity contribution in [1.29, 1.82) is 0 Å². The molecule has 0 fully saturated rings. The van der Waals surface area contributed by atoms with Crippen molar-refractivity contribution in [2.24, 2.45) is 7.05 Å². The number of benzene rings is 1. The molecule has 1 heterocycles. The van der Waals surface area contributed by atoms with E-state index in [9.17, 15) is 4.79 Å². The van der Waals surface area contributed by atoms with E-state index in [1.54, 1.807) is 23.9 Å². The normalized spacial score (nSPS) is 10.6. The molecule has 78 valence electrons. The summed E-state index contributed by atoms with van der Waals surface area (Å²) in [5.74, 6) is 0.751. The van der Waals surface area contributed by atoms with E-state index < -0.39 is 0 Å². The van der Waals surface area contributed by atoms with Gasteiger partial charge in [0.1, 0.15) is 5.75 Å². The third kappa shape index (κ3) is 1.29. The van der Waals surface area contributed by atoms with E-state index >= 15 is 0 Å². The maximum Gasteiger partial charge on any atom is 0.152 e. The predicted octanol–water partition coefficient (Wildman–Crippen LogP) is 1.70. The van der Waals surface area contributed by atoms with Gasteiger partial charge in [0, 0.05) is 12.6 Å². The van der Waals surface area contributed by atoms with Crippen LogP contribution in [0.1, 0.15) is 16.1 Å². The maximum atomic E-state index is 10.9. The molecule has 0 aliphatic heterocycles. The highest BCUT2D eigenvalue weighted by Crippen LogP contribution is 2.29. The molecular weight excluding hydrogens is 192 g/mol. The number of hydrogen-bond donors (Lipinski definition) is 0. The van der Waals surface area contributed by atoms with Crippen molar-refractivity contribution >= 4 is 17.2 Å². The monoisotopic (exact) mass is 204 g/mol. The van der Waals surface area contributed by atoms with Crippen LogP contribution in [0.25, 0.3) is 10.9 Å². The van der Waals surface area contributed by atoms with Gasteiger partial charge in [-0.25, -0.2) is 0 Å². The molecule has 0 unspecified atom stereocenters. The van der Waals surface area contributed by atoms with Crippen LogP contribution in [0.4, 0.5) is 0 Å². The molecule has 4 nitrogen and oxygen atoms in total. The summed E-state index contributed by atoms with van der Waals surface area (Å²) in [4.78, 5) is 10.9. The Labute approximate surface area is 87.5 Å². The molecule has 0 saturated heterocycles. The van der Waals surface area contributed by atoms with E-state index in [0.29, 0.717) is 5.56 Å². The van der Waals surface area contributed by atoms with Gasteiger partial charge >= 0.3 is 0 Å². The van der Waals surface area contributed by atoms with Crippen molar-refractivity contribution in [3.05, 3.63) is 23.4 Å². The second-order valence-electron chi connectivity index (χ2n) is 3.41. The molecule has 2 aromatic rings. The Kier molecular flexibility index (Phi) is 2.19. The van der Waals surface area contributed by atoms with Crippen LogP contribution in [0.2, 0.25) is 0 Å². The van der Waals surface area contributed by atoms with Gasteiger partial charge in [-0.2, -0.15) is 5.10 Å². The van der Waals surface area contributed by atoms with Crippen LogP contribution in [0, 0.1) is 6.92 Å². The Bertz CT molecular complexity index is 529. The van der Waals surface area contributed by atoms with E-state index in [-0.39, 0.29) is 0 Å². The molecule has 0 N–H and O–H groups in total. The Morgan fingerprint density at radius 3 is 2.80 bits per heavy atom. The number of ether oxygens (including phenoxy) is 1. The average Bonchev–Trinajstić information content (AvgIpc) is 2.54. The lowest BCUT2D eigenvalue weighted by Crippen LogP contribution is -1.94. The number of methoxy groups -OCH3 is 1. The third-order valence-electron chi connectivity index (χ3n) is 2.50. The van der Waals surface area contributed by atoms with Crippen LogP contribution >= 0.6 is 0 Å². The van der Waals surface area contributed by atoms with Crippen molar-refractivity contribution in [2.75, 3.05) is 7.11 Å². The van der Waals surface area contributed by atoms with Crippen LogP contribution in [0.3, 0.4) is 0 Å². The summed E-state index contributed by atoms with van der Waals surface area (Å²) >= 11 is 0. The number of aldehydes is 1. The van der Waals surface area contributed by atoms with Gasteiger partial charge in [-0.15, -0.1) is 0 Å². The number of aryl methyl sites for hydroxylation is 2. The molecule has 0 radical (unpaired) electrons. The summed E-state index contributed by atoms with van der Waals surface area (Å²) < 4.78 is 6.96. The number of rotatable bonds is 2. The van der Waals surface area contributed by atoms with Crippen LogP contribution in [0.15, 0.2) is 12.1 Å². The number of fused-ring (bicyclic) bond motifs is 1. The largest absolute Gasteiger partial charge is 0.496 e. The Hall–Kier alpha value is -1.84. The second-order valence-corrected chi connectivity index (χ2v) is 3.41. The molecule has 0 atom stereocenters. The summed E-state index contributed by atoms with van der Waals surface area (Å²) in [6, 6.07) is 3.54. The Morgan fingerprint density at radius 1 is 1.47 bits per heavy atom. The number of carbonyl (C=O) groups is 1. The summed E-state index contributed by atoms with van der Waals surface area (Å²) in [7, 11) is 3.43. The van der Waals surface area contributed by atoms with Gasteiger partial charge in [0.15, 0.2) is 6.29 Å². The lowest BCUT2D eigenvalue weighted by atomic mass is 10.1. The molecule has 4 heteroatoms. The average molecular weight is 204 g/mol. The predicted molar refractivity (Wildman–Crippen MR) is 57.4 cm³/mol. The highest BCUT2D eigenvalue weighted by atomic mass is 16.5. The highest BCUT2D eigenvalue weighted by molar-refractivity contribution is 6.00. The smallest absolute Gasteiger partial charge is 0.152 e. The minimum Gasteiger partial charge on any atom is -0.496 e. The van der Waals surface area contributed by atoms with E-state index in [2.05, 4.69) is 5.10 Å². The fourth-order valence-electron chi connectivity index (χ4n) is 1.88. The molecule has 0 spiro atoms. The molecular formula is C11H12N2O2. The van der Waals surface area contributed by atoms with Crippen LogP contribution in [0.5, 0.6) is 5.75 Å². The van der Waals surface area contributed by atoms with Gasteiger partial charge in [0.2, 0.25) is 0 Å². The minimum absolute atomic E-state index is 0.633. The lowest BCUT2D eigenvalue weighted by Gasteiger charge is -2.04. The molecule has 0 aliphatic rings. The Morgan fingerprint density at radius 2 is 2.20 bits per heavy atom. The van der Waals surface area contributed by atoms with Gasteiger partial charge in [0.25, 0.3) is 0 Å². The first kappa shape index (κ1) is 9.71. The molecule has 0 saturated carbocycles. The minimum atomic E-state index is 0.633. The number of aromatic nitrogens is 2. The zero-order valence-corrected chi connectivity index (χ0v) is 8.94. The van der Waals surface area contributed by atoms with E-state index in [0.717, 1.165) is 28.6 Å². The fourth-order valence-corrected chi connectivity index (χ4v) is 1.88. The standard InChI is InChI=1S/C11H12N2O2/c1-7-10-9(15-3)5-4-8(6-14)11(10)13(2)12-7/h4-6H,1-3H3. The SMILES string of the molecule is COc1ccc(C=O)c2c1c(C)nn2C. The first-order chi connectivity index (χ1) is 7.19. The zero-order chi connectivity index (χ0) is 11.0. The Balaban J connectivity index is 2.95. The van der Waals surface area contributed by atoms with Crippen LogP contribution < -0.4 is 4.74 Å². The topological polar surface area (TPSA) is 44.1 Å². The van der Waals surface area contributed by atoms with Crippen molar-refractivity contribution < 1.29 is 9.53 Å². The van der Waals surface area contributed by atoms with Crippen LogP contribution in [-0.4, -0.2) is 23.2 Å². The third-order valence-corrected chi connectivity index (χ3v) is 2.50. The van der Waals surface area contributed by atoms with Gasteiger partial charge in [-0.1, -0.05) is 0 Å². The van der Waals surface area contributed by atoms with Crippen LogP contribution in [-0.2, 0) is 7.05 Å². The van der Waals surface area contributed by atoms with Gasteiger partial charge in [0.05, 0.1) is 23.7 Å². The van der Waals surface area contributed by atoms with E-state index in [4.69, 9.17) is 4.74 Å². The molecule has 15 heavy (non-hydrogen) atoms. The summed E-state index contributed by atoms with van der Waals surface area (Å²) in [5, 5.41) is 5.19. The summed E-state index contributed by atoms with van der Waals surface area (Å²) in [5.41, 5.74) is 2.32. The number of hydrogen-bond acceptors (Lipinski definition) is 3. The van der Waals surface area contributed by atoms with Crippen molar-refractivity contribution in [1.82, 2.24) is 9.78 Å². The second kappa shape index (κ2) is 3.38. The quantitative estimate of drug-likeness (QED) is 0.699. The zero-order valence-electron chi connectivity index (χ0n) is 8.94. The number of carbonyl (C=O) groups excluding carboxylic acids is 1. The first-order valence-electron chi connectivity index (χ1n) is 4.64. The maximum absolute atomic E-state index is 10.9. The van der Waals surface area contributed by atoms with Gasteiger partial charge < -0.3 is 4.74 Å². The van der Waals surface area contributed by atoms with Gasteiger partial charge in [-0.3, -0.25) is 9.48 Å². The van der Waals surface area contributed by atoms with E-state index in [1.165, 1.54) is 0 Å². The van der Waals surface area contributed by atoms with Crippen molar-refractivity contribution in [3.8, 4) is 5.75 Å². The fraction of sp³-hybridized carbons (Fsp3) is 0.273. The number of nitrogens with zero attached hydrogens (tertiary/aromatic N) is 2. The van der Waals surface area contributed by atoms with Crippen molar-refractivity contribution in [3.63, 3.8) is 0 Å². The highest BCUT2D eigenvalue weighted by Gasteiger charge is 2.13. The van der Waals surface area contributed by atoms with Crippen molar-refractivity contribution in [2.45, 2.75) is 6.92 Å². The lowest BCUT2D eigenvalue weighted by molar-refractivity contribution is 0.112. The molecule has 2 rings (SSSR count). The molecule has 0 aliphatic carbocycles.